The second-order valence-corrected chi connectivity index (χ2v) is 7.26. The highest BCUT2D eigenvalue weighted by molar-refractivity contribution is 6.04. The van der Waals surface area contributed by atoms with E-state index < -0.39 is 0 Å². The van der Waals surface area contributed by atoms with Gasteiger partial charge in [0.05, 0.1) is 31.4 Å². The van der Waals surface area contributed by atoms with E-state index in [2.05, 4.69) is 32.2 Å². The topological polar surface area (TPSA) is 85.2 Å². The van der Waals surface area contributed by atoms with Crippen LogP contribution >= 0.6 is 0 Å². The molecular weight excluding hydrogens is 368 g/mol. The summed E-state index contributed by atoms with van der Waals surface area (Å²) in [5.74, 6) is 1.85. The third-order valence-electron chi connectivity index (χ3n) is 5.19. The number of carbonyl (C=O) groups is 1. The Bertz CT molecular complexity index is 994. The van der Waals surface area contributed by atoms with Gasteiger partial charge in [-0.05, 0) is 37.0 Å². The molecule has 1 fully saturated rings. The van der Waals surface area contributed by atoms with Crippen LogP contribution in [0.4, 0.5) is 11.4 Å². The molecule has 2 aromatic heterocycles. The number of aromatic nitrogens is 4. The van der Waals surface area contributed by atoms with Crippen LogP contribution in [-0.2, 0) is 0 Å². The molecule has 1 amide bonds. The molecule has 0 unspecified atom stereocenters. The smallest absolute Gasteiger partial charge is 0.255 e. The van der Waals surface area contributed by atoms with Gasteiger partial charge >= 0.3 is 0 Å². The van der Waals surface area contributed by atoms with E-state index in [0.29, 0.717) is 22.8 Å². The van der Waals surface area contributed by atoms with Gasteiger partial charge in [0.1, 0.15) is 17.8 Å². The highest BCUT2D eigenvalue weighted by atomic mass is 16.5. The molecular formula is C21H24N6O2. The third kappa shape index (κ3) is 4.21. The Morgan fingerprint density at radius 3 is 2.86 bits per heavy atom. The highest BCUT2D eigenvalue weighted by Gasteiger charge is 2.20. The lowest BCUT2D eigenvalue weighted by Crippen LogP contribution is -2.33. The normalized spacial score (nSPS) is 14.6. The Kier molecular flexibility index (Phi) is 5.41. The Morgan fingerprint density at radius 2 is 2.07 bits per heavy atom. The molecule has 8 heteroatoms. The molecule has 150 valence electrons. The Balaban J connectivity index is 1.53. The number of methoxy groups -OCH3 is 1. The van der Waals surface area contributed by atoms with Crippen LogP contribution in [0, 0.1) is 5.92 Å². The maximum atomic E-state index is 12.5. The van der Waals surface area contributed by atoms with Crippen LogP contribution in [0.3, 0.4) is 0 Å². The van der Waals surface area contributed by atoms with Crippen molar-refractivity contribution in [2.45, 2.75) is 19.8 Å². The second kappa shape index (κ2) is 8.30. The van der Waals surface area contributed by atoms with Crippen LogP contribution in [-0.4, -0.2) is 45.9 Å². The van der Waals surface area contributed by atoms with Gasteiger partial charge in [-0.1, -0.05) is 13.0 Å². The minimum Gasteiger partial charge on any atom is -0.497 e. The number of hydrogen-bond acceptors (Lipinski definition) is 6. The quantitative estimate of drug-likeness (QED) is 0.718. The summed E-state index contributed by atoms with van der Waals surface area (Å²) < 4.78 is 6.86. The predicted molar refractivity (Wildman–Crippen MR) is 111 cm³/mol. The fraction of sp³-hybridized carbons (Fsp3) is 0.333. The number of piperidine rings is 1. The molecule has 0 bridgehead atoms. The summed E-state index contributed by atoms with van der Waals surface area (Å²) in [5, 5.41) is 7.27. The molecule has 1 aromatic carbocycles. The average molecular weight is 392 g/mol. The average Bonchev–Trinajstić information content (AvgIpc) is 3.22. The van der Waals surface area contributed by atoms with Crippen LogP contribution < -0.4 is 15.0 Å². The fourth-order valence-corrected chi connectivity index (χ4v) is 3.44. The maximum Gasteiger partial charge on any atom is 0.255 e. The molecule has 0 saturated carbocycles. The Morgan fingerprint density at radius 1 is 1.24 bits per heavy atom. The number of rotatable bonds is 5. The molecule has 0 radical (unpaired) electrons. The lowest BCUT2D eigenvalue weighted by Gasteiger charge is -2.32. The van der Waals surface area contributed by atoms with Gasteiger partial charge < -0.3 is 15.0 Å². The van der Waals surface area contributed by atoms with Crippen molar-refractivity contribution in [3.05, 3.63) is 54.7 Å². The van der Waals surface area contributed by atoms with Crippen LogP contribution in [0.1, 0.15) is 30.1 Å². The van der Waals surface area contributed by atoms with E-state index in [1.54, 1.807) is 48.5 Å². The molecule has 0 spiro atoms. The zero-order chi connectivity index (χ0) is 20.2. The molecule has 0 atom stereocenters. The number of carbonyl (C=O) groups excluding carboxylic acids is 1. The first-order valence-electron chi connectivity index (χ1n) is 9.69. The predicted octanol–water partition coefficient (Wildman–Crippen LogP) is 3.16. The van der Waals surface area contributed by atoms with E-state index in [1.807, 2.05) is 6.20 Å². The van der Waals surface area contributed by atoms with Gasteiger partial charge in [0.2, 0.25) is 0 Å². The number of amides is 1. The molecule has 4 rings (SSSR count). The van der Waals surface area contributed by atoms with Crippen molar-refractivity contribution in [3.63, 3.8) is 0 Å². The summed E-state index contributed by atoms with van der Waals surface area (Å²) in [5.41, 5.74) is 2.06. The van der Waals surface area contributed by atoms with Crippen molar-refractivity contribution in [3.8, 4) is 11.6 Å². The summed E-state index contributed by atoms with van der Waals surface area (Å²) in [7, 11) is 1.57. The summed E-state index contributed by atoms with van der Waals surface area (Å²) >= 11 is 0. The molecule has 1 saturated heterocycles. The molecule has 29 heavy (non-hydrogen) atoms. The number of nitrogens with one attached hydrogen (secondary N) is 1. The largest absolute Gasteiger partial charge is 0.497 e. The van der Waals surface area contributed by atoms with Gasteiger partial charge in [-0.2, -0.15) is 5.10 Å². The van der Waals surface area contributed by atoms with Gasteiger partial charge in [0, 0.05) is 18.7 Å². The van der Waals surface area contributed by atoms with Crippen molar-refractivity contribution >= 4 is 17.3 Å². The van der Waals surface area contributed by atoms with E-state index in [4.69, 9.17) is 4.74 Å². The van der Waals surface area contributed by atoms with E-state index in [1.165, 1.54) is 6.33 Å². The molecule has 0 aliphatic carbocycles. The summed E-state index contributed by atoms with van der Waals surface area (Å²) in [6.45, 7) is 4.23. The molecule has 1 N–H and O–H groups in total. The van der Waals surface area contributed by atoms with Crippen LogP contribution in [0.25, 0.3) is 5.82 Å². The maximum absolute atomic E-state index is 12.5. The summed E-state index contributed by atoms with van der Waals surface area (Å²) in [6, 6.07) is 7.01. The molecule has 3 aromatic rings. The van der Waals surface area contributed by atoms with E-state index in [9.17, 15) is 4.79 Å². The van der Waals surface area contributed by atoms with Crippen molar-refractivity contribution < 1.29 is 9.53 Å². The fourth-order valence-electron chi connectivity index (χ4n) is 3.44. The first-order valence-corrected chi connectivity index (χ1v) is 9.69. The van der Waals surface area contributed by atoms with Crippen LogP contribution in [0.5, 0.6) is 5.75 Å². The zero-order valence-corrected chi connectivity index (χ0v) is 16.6. The first-order chi connectivity index (χ1) is 14.1. The molecule has 8 nitrogen and oxygen atoms in total. The van der Waals surface area contributed by atoms with Crippen molar-refractivity contribution in [1.82, 2.24) is 19.7 Å². The third-order valence-corrected chi connectivity index (χ3v) is 5.19. The van der Waals surface area contributed by atoms with E-state index in [0.717, 1.165) is 37.5 Å². The lowest BCUT2D eigenvalue weighted by atomic mass is 9.99. The van der Waals surface area contributed by atoms with Crippen LogP contribution in [0.15, 0.2) is 49.2 Å². The van der Waals surface area contributed by atoms with Crippen LogP contribution in [0.2, 0.25) is 0 Å². The highest BCUT2D eigenvalue weighted by Crippen LogP contribution is 2.27. The minimum atomic E-state index is -0.226. The zero-order valence-electron chi connectivity index (χ0n) is 16.6. The summed E-state index contributed by atoms with van der Waals surface area (Å²) in [4.78, 5) is 23.5. The molecule has 1 aliphatic heterocycles. The second-order valence-electron chi connectivity index (χ2n) is 7.26. The number of anilines is 2. The van der Waals surface area contributed by atoms with Gasteiger partial charge in [-0.25, -0.2) is 14.6 Å². The number of ether oxygens (including phenoxy) is 1. The first kappa shape index (κ1) is 18.9. The molecule has 3 heterocycles. The monoisotopic (exact) mass is 392 g/mol. The number of benzene rings is 1. The number of hydrogen-bond donors (Lipinski definition) is 1. The minimum absolute atomic E-state index is 0.226. The van der Waals surface area contributed by atoms with E-state index >= 15 is 0 Å². The van der Waals surface area contributed by atoms with Gasteiger partial charge in [0.15, 0.2) is 5.82 Å². The van der Waals surface area contributed by atoms with Gasteiger partial charge in [-0.3, -0.25) is 4.79 Å². The SMILES string of the molecule is COc1cccc(C(=O)Nc2cnn(-c3ncncc3N3CCC(C)CC3)c2)c1. The summed E-state index contributed by atoms with van der Waals surface area (Å²) in [6.07, 6.45) is 9.01. The standard InChI is InChI=1S/C21H24N6O2/c1-15-6-8-26(9-7-15)19-12-22-14-23-20(19)27-13-17(11-24-27)25-21(28)16-4-3-5-18(10-16)29-2/h3-5,10-15H,6-9H2,1-2H3,(H,25,28). The van der Waals surface area contributed by atoms with Gasteiger partial charge in [0.25, 0.3) is 5.91 Å². The van der Waals surface area contributed by atoms with Crippen molar-refractivity contribution in [1.29, 1.82) is 0 Å². The van der Waals surface area contributed by atoms with Gasteiger partial charge in [-0.15, -0.1) is 0 Å². The van der Waals surface area contributed by atoms with E-state index in [-0.39, 0.29) is 5.91 Å². The Labute approximate surface area is 169 Å². The Hall–Kier alpha value is -3.42. The number of nitrogens with zero attached hydrogens (tertiary/aromatic N) is 5. The van der Waals surface area contributed by atoms with Crippen molar-refractivity contribution in [2.75, 3.05) is 30.4 Å². The van der Waals surface area contributed by atoms with Crippen molar-refractivity contribution in [2.24, 2.45) is 5.92 Å². The lowest BCUT2D eigenvalue weighted by molar-refractivity contribution is 0.102. The molecule has 1 aliphatic rings.